The Balaban J connectivity index is 1.96. The monoisotopic (exact) mass is 287 g/mol. The normalized spacial score (nSPS) is 20.1. The lowest BCUT2D eigenvalue weighted by Crippen LogP contribution is -2.24. The Labute approximate surface area is 119 Å². The van der Waals surface area contributed by atoms with Gasteiger partial charge < -0.3 is 5.32 Å². The van der Waals surface area contributed by atoms with Crippen LogP contribution in [0.5, 0.6) is 0 Å². The van der Waals surface area contributed by atoms with Gasteiger partial charge in [0.25, 0.3) is 0 Å². The van der Waals surface area contributed by atoms with Gasteiger partial charge in [-0.3, -0.25) is 0 Å². The summed E-state index contributed by atoms with van der Waals surface area (Å²) in [6, 6.07) is 15.5. The molecule has 3 rings (SSSR count). The summed E-state index contributed by atoms with van der Waals surface area (Å²) in [6.45, 7) is 2.05. The molecule has 1 atom stereocenters. The van der Waals surface area contributed by atoms with Crippen LogP contribution in [0.4, 0.5) is 5.69 Å². The highest BCUT2D eigenvalue weighted by Crippen LogP contribution is 2.34. The van der Waals surface area contributed by atoms with Crippen molar-refractivity contribution in [3.05, 3.63) is 59.7 Å². The predicted molar refractivity (Wildman–Crippen MR) is 80.7 cm³/mol. The molecule has 4 heteroatoms. The van der Waals surface area contributed by atoms with Crippen molar-refractivity contribution >= 4 is 15.5 Å². The fourth-order valence-corrected chi connectivity index (χ4v) is 4.30. The van der Waals surface area contributed by atoms with Crippen LogP contribution in [0.3, 0.4) is 0 Å². The van der Waals surface area contributed by atoms with Crippen molar-refractivity contribution in [3.63, 3.8) is 0 Å². The summed E-state index contributed by atoms with van der Waals surface area (Å²) in [5, 5.41) is 3.45. The second-order valence-corrected chi connectivity index (χ2v) is 7.29. The Morgan fingerprint density at radius 2 is 1.90 bits per heavy atom. The SMILES string of the molecule is Cc1cccc(NC2CCS(=O)(=O)c3ccccc32)c1. The molecule has 0 saturated carbocycles. The third-order valence-electron chi connectivity index (χ3n) is 3.66. The van der Waals surface area contributed by atoms with Gasteiger partial charge in [-0.1, -0.05) is 30.3 Å². The molecule has 2 aromatic rings. The first-order chi connectivity index (χ1) is 9.56. The summed E-state index contributed by atoms with van der Waals surface area (Å²) >= 11 is 0. The van der Waals surface area contributed by atoms with Gasteiger partial charge in [-0.25, -0.2) is 8.42 Å². The fraction of sp³-hybridized carbons (Fsp3) is 0.250. The van der Waals surface area contributed by atoms with Crippen molar-refractivity contribution in [2.24, 2.45) is 0 Å². The number of fused-ring (bicyclic) bond motifs is 1. The predicted octanol–water partition coefficient (Wildman–Crippen LogP) is 3.33. The van der Waals surface area contributed by atoms with E-state index in [0.717, 1.165) is 11.3 Å². The molecule has 1 heterocycles. The zero-order valence-corrected chi connectivity index (χ0v) is 12.2. The number of hydrogen-bond acceptors (Lipinski definition) is 3. The Morgan fingerprint density at radius 3 is 2.70 bits per heavy atom. The molecular formula is C16H17NO2S. The zero-order chi connectivity index (χ0) is 14.2. The fourth-order valence-electron chi connectivity index (χ4n) is 2.68. The minimum absolute atomic E-state index is 0.0523. The summed E-state index contributed by atoms with van der Waals surface area (Å²) in [5.41, 5.74) is 3.09. The van der Waals surface area contributed by atoms with Crippen molar-refractivity contribution in [1.82, 2.24) is 0 Å². The van der Waals surface area contributed by atoms with Crippen LogP contribution in [0.15, 0.2) is 53.4 Å². The maximum atomic E-state index is 12.1. The van der Waals surface area contributed by atoms with Gasteiger partial charge >= 0.3 is 0 Å². The second kappa shape index (κ2) is 4.94. The van der Waals surface area contributed by atoms with E-state index >= 15 is 0 Å². The minimum atomic E-state index is -3.12. The molecular weight excluding hydrogens is 270 g/mol. The van der Waals surface area contributed by atoms with E-state index in [1.807, 2.05) is 37.3 Å². The highest BCUT2D eigenvalue weighted by molar-refractivity contribution is 7.91. The number of sulfone groups is 1. The van der Waals surface area contributed by atoms with Crippen LogP contribution >= 0.6 is 0 Å². The summed E-state index contributed by atoms with van der Waals surface area (Å²) < 4.78 is 24.2. The lowest BCUT2D eigenvalue weighted by molar-refractivity contribution is 0.576. The summed E-state index contributed by atoms with van der Waals surface area (Å²) in [4.78, 5) is 0.469. The van der Waals surface area contributed by atoms with E-state index in [4.69, 9.17) is 0 Å². The lowest BCUT2D eigenvalue weighted by Gasteiger charge is -2.27. The third kappa shape index (κ3) is 2.43. The van der Waals surface area contributed by atoms with Crippen molar-refractivity contribution < 1.29 is 8.42 Å². The molecule has 0 bridgehead atoms. The molecule has 1 aliphatic heterocycles. The Morgan fingerprint density at radius 1 is 1.10 bits per heavy atom. The smallest absolute Gasteiger partial charge is 0.178 e. The van der Waals surface area contributed by atoms with Gasteiger partial charge in [0.05, 0.1) is 16.7 Å². The first-order valence-electron chi connectivity index (χ1n) is 6.71. The number of anilines is 1. The van der Waals surface area contributed by atoms with Gasteiger partial charge in [0.15, 0.2) is 9.84 Å². The molecule has 20 heavy (non-hydrogen) atoms. The van der Waals surface area contributed by atoms with E-state index in [0.29, 0.717) is 11.3 Å². The van der Waals surface area contributed by atoms with E-state index < -0.39 is 9.84 Å². The molecule has 1 unspecified atom stereocenters. The van der Waals surface area contributed by atoms with Crippen LogP contribution in [0.1, 0.15) is 23.6 Å². The second-order valence-electron chi connectivity index (χ2n) is 5.21. The molecule has 1 aliphatic rings. The topological polar surface area (TPSA) is 46.2 Å². The van der Waals surface area contributed by atoms with Crippen LogP contribution in [0, 0.1) is 6.92 Å². The molecule has 0 fully saturated rings. The molecule has 0 spiro atoms. The van der Waals surface area contributed by atoms with Gasteiger partial charge in [0.2, 0.25) is 0 Å². The van der Waals surface area contributed by atoms with Gasteiger partial charge in [0.1, 0.15) is 0 Å². The van der Waals surface area contributed by atoms with Crippen molar-refractivity contribution in [3.8, 4) is 0 Å². The van der Waals surface area contributed by atoms with Crippen LogP contribution in [-0.2, 0) is 9.84 Å². The molecule has 104 valence electrons. The summed E-state index contributed by atoms with van der Waals surface area (Å²) in [7, 11) is -3.12. The van der Waals surface area contributed by atoms with Gasteiger partial charge in [-0.05, 0) is 42.7 Å². The zero-order valence-electron chi connectivity index (χ0n) is 11.3. The number of rotatable bonds is 2. The standard InChI is InChI=1S/C16H17NO2S/c1-12-5-4-6-13(11-12)17-15-9-10-20(18,19)16-8-3-2-7-14(15)16/h2-8,11,15,17H,9-10H2,1H3. The maximum Gasteiger partial charge on any atom is 0.178 e. The van der Waals surface area contributed by atoms with Gasteiger partial charge in [-0.15, -0.1) is 0 Å². The van der Waals surface area contributed by atoms with E-state index in [1.165, 1.54) is 5.56 Å². The molecule has 0 aliphatic carbocycles. The maximum absolute atomic E-state index is 12.1. The molecule has 2 aromatic carbocycles. The number of nitrogens with one attached hydrogen (secondary N) is 1. The lowest BCUT2D eigenvalue weighted by atomic mass is 10.0. The molecule has 3 nitrogen and oxygen atoms in total. The Hall–Kier alpha value is -1.81. The van der Waals surface area contributed by atoms with Crippen molar-refractivity contribution in [1.29, 1.82) is 0 Å². The quantitative estimate of drug-likeness (QED) is 0.921. The van der Waals surface area contributed by atoms with E-state index in [1.54, 1.807) is 12.1 Å². The third-order valence-corrected chi connectivity index (χ3v) is 5.48. The highest BCUT2D eigenvalue weighted by Gasteiger charge is 2.29. The molecule has 0 aromatic heterocycles. The Kier molecular flexibility index (Phi) is 3.26. The largest absolute Gasteiger partial charge is 0.378 e. The van der Waals surface area contributed by atoms with Crippen LogP contribution < -0.4 is 5.32 Å². The summed E-state index contributed by atoms with van der Waals surface area (Å²) in [6.07, 6.45) is 0.604. The molecule has 1 N–H and O–H groups in total. The van der Waals surface area contributed by atoms with E-state index in [9.17, 15) is 8.42 Å². The Bertz CT molecular complexity index is 738. The number of aryl methyl sites for hydroxylation is 1. The first kappa shape index (κ1) is 13.2. The first-order valence-corrected chi connectivity index (χ1v) is 8.36. The summed E-state index contributed by atoms with van der Waals surface area (Å²) in [5.74, 6) is 0.202. The molecule has 0 radical (unpaired) electrons. The van der Waals surface area contributed by atoms with Crippen LogP contribution in [0.25, 0.3) is 0 Å². The number of benzene rings is 2. The van der Waals surface area contributed by atoms with Crippen molar-refractivity contribution in [2.45, 2.75) is 24.3 Å². The molecule has 0 amide bonds. The van der Waals surface area contributed by atoms with Gasteiger partial charge in [0, 0.05) is 5.69 Å². The van der Waals surface area contributed by atoms with Crippen LogP contribution in [-0.4, -0.2) is 14.2 Å². The van der Waals surface area contributed by atoms with Gasteiger partial charge in [-0.2, -0.15) is 0 Å². The average molecular weight is 287 g/mol. The van der Waals surface area contributed by atoms with Crippen LogP contribution in [0.2, 0.25) is 0 Å². The highest BCUT2D eigenvalue weighted by atomic mass is 32.2. The number of hydrogen-bond donors (Lipinski definition) is 1. The van der Waals surface area contributed by atoms with E-state index in [2.05, 4.69) is 11.4 Å². The molecule has 0 saturated heterocycles. The average Bonchev–Trinajstić information content (AvgIpc) is 2.43. The van der Waals surface area contributed by atoms with Crippen molar-refractivity contribution in [2.75, 3.05) is 11.1 Å². The minimum Gasteiger partial charge on any atom is -0.378 e. The van der Waals surface area contributed by atoms with E-state index in [-0.39, 0.29) is 11.8 Å².